The van der Waals surface area contributed by atoms with E-state index in [-0.39, 0.29) is 5.56 Å². The minimum atomic E-state index is -0.113. The summed E-state index contributed by atoms with van der Waals surface area (Å²) in [5.74, 6) is 0.866. The Hall–Kier alpha value is -2.41. The van der Waals surface area contributed by atoms with Gasteiger partial charge in [-0.25, -0.2) is 4.98 Å². The number of rotatable bonds is 3. The molecule has 0 bridgehead atoms. The van der Waals surface area contributed by atoms with Gasteiger partial charge in [-0.1, -0.05) is 24.3 Å². The summed E-state index contributed by atoms with van der Waals surface area (Å²) in [5.41, 5.74) is 3.29. The molecule has 0 spiro atoms. The van der Waals surface area contributed by atoms with E-state index in [1.54, 1.807) is 13.2 Å². The SMILES string of the molecule is CCc1cc(=O)n2nc(N3CCc4ccc(OC)cc4C3)sc2n1. The van der Waals surface area contributed by atoms with E-state index < -0.39 is 0 Å². The maximum absolute atomic E-state index is 12.2. The molecule has 0 atom stereocenters. The number of anilines is 1. The van der Waals surface area contributed by atoms with E-state index in [1.165, 1.54) is 27.0 Å². The first kappa shape index (κ1) is 15.1. The highest BCUT2D eigenvalue weighted by Gasteiger charge is 2.21. The summed E-state index contributed by atoms with van der Waals surface area (Å²) in [6.07, 6.45) is 1.70. The second-order valence-corrected chi connectivity index (χ2v) is 6.76. The highest BCUT2D eigenvalue weighted by Crippen LogP contribution is 2.29. The third-order valence-corrected chi connectivity index (χ3v) is 5.32. The van der Waals surface area contributed by atoms with Crippen LogP contribution in [0.25, 0.3) is 4.96 Å². The van der Waals surface area contributed by atoms with E-state index in [9.17, 15) is 4.79 Å². The van der Waals surface area contributed by atoms with Crippen LogP contribution in [-0.4, -0.2) is 28.3 Å². The van der Waals surface area contributed by atoms with Gasteiger partial charge in [0.2, 0.25) is 10.1 Å². The molecule has 2 aromatic heterocycles. The predicted octanol–water partition coefficient (Wildman–Crippen LogP) is 2.28. The van der Waals surface area contributed by atoms with Crippen molar-refractivity contribution in [2.45, 2.75) is 26.3 Å². The van der Waals surface area contributed by atoms with Gasteiger partial charge < -0.3 is 9.64 Å². The first-order chi connectivity index (χ1) is 11.7. The van der Waals surface area contributed by atoms with E-state index in [0.29, 0.717) is 4.96 Å². The van der Waals surface area contributed by atoms with E-state index in [2.05, 4.69) is 27.1 Å². The number of hydrogen-bond donors (Lipinski definition) is 0. The molecule has 124 valence electrons. The van der Waals surface area contributed by atoms with Crippen LogP contribution in [0.3, 0.4) is 0 Å². The standard InChI is InChI=1S/C17H18N4O2S/c1-3-13-9-15(22)21-16(18-13)24-17(19-21)20-7-6-11-4-5-14(23-2)8-12(11)10-20/h4-5,8-9H,3,6-7,10H2,1-2H3. The van der Waals surface area contributed by atoms with Crippen molar-refractivity contribution < 1.29 is 4.74 Å². The number of nitrogens with zero attached hydrogens (tertiary/aromatic N) is 4. The Morgan fingerprint density at radius 3 is 2.96 bits per heavy atom. The molecule has 0 saturated carbocycles. The summed E-state index contributed by atoms with van der Waals surface area (Å²) in [6.45, 7) is 3.64. The fraction of sp³-hybridized carbons (Fsp3) is 0.353. The van der Waals surface area contributed by atoms with Gasteiger partial charge in [0.05, 0.1) is 7.11 Å². The summed E-state index contributed by atoms with van der Waals surface area (Å²) in [7, 11) is 1.68. The summed E-state index contributed by atoms with van der Waals surface area (Å²) in [5, 5.41) is 5.32. The average molecular weight is 342 g/mol. The molecule has 3 heterocycles. The Kier molecular flexibility index (Phi) is 3.72. The predicted molar refractivity (Wildman–Crippen MR) is 94.3 cm³/mol. The monoisotopic (exact) mass is 342 g/mol. The fourth-order valence-electron chi connectivity index (χ4n) is 2.98. The van der Waals surface area contributed by atoms with Gasteiger partial charge in [0, 0.05) is 24.8 Å². The van der Waals surface area contributed by atoms with E-state index in [1.807, 2.05) is 13.0 Å². The third-order valence-electron chi connectivity index (χ3n) is 4.35. The van der Waals surface area contributed by atoms with Crippen molar-refractivity contribution in [3.8, 4) is 5.75 Å². The van der Waals surface area contributed by atoms with Gasteiger partial charge in [0.1, 0.15) is 5.75 Å². The summed E-state index contributed by atoms with van der Waals surface area (Å²) in [4.78, 5) is 19.5. The molecule has 0 unspecified atom stereocenters. The lowest BCUT2D eigenvalue weighted by atomic mass is 10.00. The molecule has 7 heteroatoms. The molecular weight excluding hydrogens is 324 g/mol. The Morgan fingerprint density at radius 1 is 1.29 bits per heavy atom. The number of aryl methyl sites for hydroxylation is 1. The van der Waals surface area contributed by atoms with Gasteiger partial charge in [-0.15, -0.1) is 5.10 Å². The zero-order valence-electron chi connectivity index (χ0n) is 13.7. The minimum Gasteiger partial charge on any atom is -0.497 e. The maximum atomic E-state index is 12.2. The van der Waals surface area contributed by atoms with Crippen LogP contribution in [0, 0.1) is 0 Å². The van der Waals surface area contributed by atoms with Crippen molar-refractivity contribution in [1.29, 1.82) is 0 Å². The zero-order valence-corrected chi connectivity index (χ0v) is 14.5. The van der Waals surface area contributed by atoms with Crippen molar-refractivity contribution in [3.63, 3.8) is 0 Å². The largest absolute Gasteiger partial charge is 0.497 e. The summed E-state index contributed by atoms with van der Waals surface area (Å²) < 4.78 is 6.73. The topological polar surface area (TPSA) is 59.7 Å². The molecular formula is C17H18N4O2S. The van der Waals surface area contributed by atoms with Crippen LogP contribution in [0.4, 0.5) is 5.13 Å². The van der Waals surface area contributed by atoms with Crippen molar-refractivity contribution in [3.05, 3.63) is 51.4 Å². The summed E-state index contributed by atoms with van der Waals surface area (Å²) >= 11 is 1.47. The smallest absolute Gasteiger partial charge is 0.275 e. The average Bonchev–Trinajstić information content (AvgIpc) is 3.05. The van der Waals surface area contributed by atoms with Crippen LogP contribution in [0.2, 0.25) is 0 Å². The van der Waals surface area contributed by atoms with E-state index in [4.69, 9.17) is 4.74 Å². The van der Waals surface area contributed by atoms with Gasteiger partial charge in [0.25, 0.3) is 5.56 Å². The Balaban J connectivity index is 1.70. The second kappa shape index (κ2) is 5.90. The Bertz CT molecular complexity index is 963. The van der Waals surface area contributed by atoms with Crippen LogP contribution in [0.15, 0.2) is 29.1 Å². The van der Waals surface area contributed by atoms with Crippen LogP contribution < -0.4 is 15.2 Å². The molecule has 0 saturated heterocycles. The molecule has 24 heavy (non-hydrogen) atoms. The number of methoxy groups -OCH3 is 1. The van der Waals surface area contributed by atoms with Gasteiger partial charge >= 0.3 is 0 Å². The van der Waals surface area contributed by atoms with Crippen molar-refractivity contribution in [1.82, 2.24) is 14.6 Å². The van der Waals surface area contributed by atoms with Gasteiger partial charge in [0.15, 0.2) is 0 Å². The van der Waals surface area contributed by atoms with Crippen LogP contribution in [0.1, 0.15) is 23.7 Å². The Morgan fingerprint density at radius 2 is 2.17 bits per heavy atom. The zero-order chi connectivity index (χ0) is 16.7. The first-order valence-electron chi connectivity index (χ1n) is 7.98. The molecule has 1 aliphatic heterocycles. The number of benzene rings is 1. The number of fused-ring (bicyclic) bond motifs is 2. The first-order valence-corrected chi connectivity index (χ1v) is 8.80. The lowest BCUT2D eigenvalue weighted by Crippen LogP contribution is -2.30. The maximum Gasteiger partial charge on any atom is 0.275 e. The molecule has 0 N–H and O–H groups in total. The molecule has 0 amide bonds. The molecule has 0 radical (unpaired) electrons. The number of hydrogen-bond acceptors (Lipinski definition) is 6. The van der Waals surface area contributed by atoms with Crippen molar-refractivity contribution in [2.75, 3.05) is 18.6 Å². The highest BCUT2D eigenvalue weighted by molar-refractivity contribution is 7.20. The van der Waals surface area contributed by atoms with Crippen LogP contribution in [0.5, 0.6) is 5.75 Å². The van der Waals surface area contributed by atoms with E-state index >= 15 is 0 Å². The fourth-order valence-corrected chi connectivity index (χ4v) is 3.93. The summed E-state index contributed by atoms with van der Waals surface area (Å²) in [6, 6.07) is 7.77. The van der Waals surface area contributed by atoms with E-state index in [0.717, 1.165) is 42.5 Å². The molecule has 0 fully saturated rings. The van der Waals surface area contributed by atoms with Crippen molar-refractivity contribution in [2.24, 2.45) is 0 Å². The van der Waals surface area contributed by atoms with Crippen LogP contribution >= 0.6 is 11.3 Å². The Labute approximate surface area is 143 Å². The lowest BCUT2D eigenvalue weighted by molar-refractivity contribution is 0.413. The molecule has 1 aliphatic rings. The highest BCUT2D eigenvalue weighted by atomic mass is 32.1. The molecule has 3 aromatic rings. The third kappa shape index (κ3) is 2.54. The normalized spacial score (nSPS) is 14.0. The van der Waals surface area contributed by atoms with Crippen molar-refractivity contribution >= 4 is 21.4 Å². The van der Waals surface area contributed by atoms with Gasteiger partial charge in [-0.3, -0.25) is 4.79 Å². The molecule has 0 aliphatic carbocycles. The van der Waals surface area contributed by atoms with Gasteiger partial charge in [-0.2, -0.15) is 4.52 Å². The molecule has 4 rings (SSSR count). The quantitative estimate of drug-likeness (QED) is 0.731. The van der Waals surface area contributed by atoms with Gasteiger partial charge in [-0.05, 0) is 36.1 Å². The van der Waals surface area contributed by atoms with Crippen LogP contribution in [-0.2, 0) is 19.4 Å². The second-order valence-electron chi connectivity index (χ2n) is 5.82. The number of aromatic nitrogens is 3. The number of ether oxygens (including phenoxy) is 1. The molecule has 6 nitrogen and oxygen atoms in total. The lowest BCUT2D eigenvalue weighted by Gasteiger charge is -2.28. The minimum absolute atomic E-state index is 0.113. The molecule has 1 aromatic carbocycles.